The number of benzene rings is 8. The van der Waals surface area contributed by atoms with Crippen LogP contribution in [0.5, 0.6) is 0 Å². The molecule has 0 saturated heterocycles. The standard InChI is InChI=1S/C48H28N4OS/c1-3-10-29(11-4-1)30-18-23-33(24-19-30)45-50-46(52-47(51-45)37-15-9-17-41-43(37)36-14-7-8-16-40(36)54-41)35-25-21-31-20-22-32-26-27-39-44(42(32)38(31)28-35)53-48(49-39)34-12-5-2-6-13-34/h1-28H. The molecule has 8 aromatic carbocycles. The normalized spacial score (nSPS) is 11.7. The number of thiophene rings is 1. The fraction of sp³-hybridized carbons (Fsp3) is 0. The van der Waals surface area contributed by atoms with E-state index in [0.717, 1.165) is 71.4 Å². The van der Waals surface area contributed by atoms with Gasteiger partial charge in [0, 0.05) is 47.8 Å². The first-order valence-corrected chi connectivity index (χ1v) is 18.7. The molecule has 0 aliphatic rings. The Morgan fingerprint density at radius 2 is 1.00 bits per heavy atom. The van der Waals surface area contributed by atoms with E-state index in [2.05, 4.69) is 127 Å². The lowest BCUT2D eigenvalue weighted by atomic mass is 9.99. The van der Waals surface area contributed by atoms with Crippen molar-refractivity contribution >= 4 is 64.2 Å². The van der Waals surface area contributed by atoms with Gasteiger partial charge in [-0.1, -0.05) is 133 Å². The van der Waals surface area contributed by atoms with E-state index in [0.29, 0.717) is 23.4 Å². The SMILES string of the molecule is c1ccc(-c2ccc(-c3nc(-c4ccc5ccc6ccc7nc(-c8ccccc8)oc7c6c5c4)nc(-c4cccc5sc6ccccc6c45)n3)cc2)cc1. The predicted molar refractivity (Wildman–Crippen MR) is 222 cm³/mol. The maximum atomic E-state index is 6.53. The molecule has 0 amide bonds. The summed E-state index contributed by atoms with van der Waals surface area (Å²) in [5, 5.41) is 6.60. The third kappa shape index (κ3) is 5.07. The summed E-state index contributed by atoms with van der Waals surface area (Å²) in [6.07, 6.45) is 0. The van der Waals surface area contributed by atoms with E-state index in [-0.39, 0.29) is 0 Å². The van der Waals surface area contributed by atoms with Crippen molar-refractivity contribution in [2.24, 2.45) is 0 Å². The van der Waals surface area contributed by atoms with Crippen LogP contribution in [0.15, 0.2) is 174 Å². The molecule has 252 valence electrons. The van der Waals surface area contributed by atoms with Gasteiger partial charge in [-0.15, -0.1) is 11.3 Å². The van der Waals surface area contributed by atoms with Crippen LogP contribution < -0.4 is 0 Å². The van der Waals surface area contributed by atoms with Crippen LogP contribution in [0, 0.1) is 0 Å². The molecule has 11 rings (SSSR count). The zero-order valence-electron chi connectivity index (χ0n) is 28.8. The molecule has 0 saturated carbocycles. The molecule has 0 N–H and O–H groups in total. The van der Waals surface area contributed by atoms with Gasteiger partial charge >= 0.3 is 0 Å². The third-order valence-corrected chi connectivity index (χ3v) is 11.3. The molecular formula is C48H28N4OS. The van der Waals surface area contributed by atoms with Gasteiger partial charge in [0.05, 0.1) is 0 Å². The van der Waals surface area contributed by atoms with Gasteiger partial charge in [0.25, 0.3) is 0 Å². The molecule has 3 heterocycles. The molecule has 0 atom stereocenters. The zero-order valence-corrected chi connectivity index (χ0v) is 29.6. The fourth-order valence-electron chi connectivity index (χ4n) is 7.52. The molecular weight excluding hydrogens is 681 g/mol. The highest BCUT2D eigenvalue weighted by atomic mass is 32.1. The van der Waals surface area contributed by atoms with Crippen LogP contribution in [-0.4, -0.2) is 19.9 Å². The monoisotopic (exact) mass is 708 g/mol. The van der Waals surface area contributed by atoms with Gasteiger partial charge in [-0.25, -0.2) is 19.9 Å². The molecule has 0 radical (unpaired) electrons. The molecule has 11 aromatic rings. The van der Waals surface area contributed by atoms with E-state index in [1.165, 1.54) is 14.8 Å². The average Bonchev–Trinajstić information content (AvgIpc) is 3.86. The summed E-state index contributed by atoms with van der Waals surface area (Å²) in [4.78, 5) is 20.5. The first kappa shape index (κ1) is 30.6. The minimum atomic E-state index is 0.603. The van der Waals surface area contributed by atoms with E-state index in [1.54, 1.807) is 11.3 Å². The van der Waals surface area contributed by atoms with Gasteiger partial charge in [0.15, 0.2) is 23.1 Å². The van der Waals surface area contributed by atoms with E-state index < -0.39 is 0 Å². The third-order valence-electron chi connectivity index (χ3n) is 10.2. The van der Waals surface area contributed by atoms with Gasteiger partial charge in [0.1, 0.15) is 5.52 Å². The number of nitrogens with zero attached hydrogens (tertiary/aromatic N) is 4. The largest absolute Gasteiger partial charge is 0.435 e. The number of oxazole rings is 1. The number of rotatable bonds is 5. The highest BCUT2D eigenvalue weighted by Gasteiger charge is 2.19. The predicted octanol–water partition coefficient (Wildman–Crippen LogP) is 13.0. The summed E-state index contributed by atoms with van der Waals surface area (Å²) in [5.74, 6) is 2.47. The molecule has 0 aliphatic heterocycles. The minimum Gasteiger partial charge on any atom is -0.435 e. The van der Waals surface area contributed by atoms with Crippen LogP contribution in [0.4, 0.5) is 0 Å². The Morgan fingerprint density at radius 1 is 0.389 bits per heavy atom. The van der Waals surface area contributed by atoms with E-state index in [4.69, 9.17) is 24.4 Å². The number of hydrogen-bond acceptors (Lipinski definition) is 6. The lowest BCUT2D eigenvalue weighted by Crippen LogP contribution is -2.00. The van der Waals surface area contributed by atoms with Crippen molar-refractivity contribution < 1.29 is 4.42 Å². The summed E-state index contributed by atoms with van der Waals surface area (Å²) in [7, 11) is 0. The Hall–Kier alpha value is -7.02. The van der Waals surface area contributed by atoms with Gasteiger partial charge in [0.2, 0.25) is 5.89 Å². The smallest absolute Gasteiger partial charge is 0.227 e. The average molecular weight is 709 g/mol. The van der Waals surface area contributed by atoms with Crippen LogP contribution in [0.25, 0.3) is 110 Å². The van der Waals surface area contributed by atoms with Crippen molar-refractivity contribution in [3.05, 3.63) is 170 Å². The molecule has 3 aromatic heterocycles. The maximum Gasteiger partial charge on any atom is 0.227 e. The maximum absolute atomic E-state index is 6.53. The van der Waals surface area contributed by atoms with Crippen molar-refractivity contribution in [3.63, 3.8) is 0 Å². The Morgan fingerprint density at radius 3 is 1.83 bits per heavy atom. The summed E-state index contributed by atoms with van der Waals surface area (Å²) < 4.78 is 8.97. The highest BCUT2D eigenvalue weighted by Crippen LogP contribution is 2.41. The van der Waals surface area contributed by atoms with Crippen LogP contribution >= 0.6 is 11.3 Å². The number of hydrogen-bond donors (Lipinski definition) is 0. The van der Waals surface area contributed by atoms with Crippen molar-refractivity contribution in [3.8, 4) is 56.7 Å². The molecule has 54 heavy (non-hydrogen) atoms. The second-order valence-corrected chi connectivity index (χ2v) is 14.5. The van der Waals surface area contributed by atoms with E-state index in [1.807, 2.05) is 42.5 Å². The molecule has 0 fully saturated rings. The Balaban J connectivity index is 1.13. The van der Waals surface area contributed by atoms with Gasteiger partial charge in [-0.05, 0) is 63.7 Å². The summed E-state index contributed by atoms with van der Waals surface area (Å²) in [5.41, 5.74) is 7.63. The summed E-state index contributed by atoms with van der Waals surface area (Å²) >= 11 is 1.79. The van der Waals surface area contributed by atoms with Crippen LogP contribution in [0.1, 0.15) is 0 Å². The van der Waals surface area contributed by atoms with E-state index >= 15 is 0 Å². The quantitative estimate of drug-likeness (QED) is 0.167. The van der Waals surface area contributed by atoms with Crippen LogP contribution in [-0.2, 0) is 0 Å². The first-order valence-electron chi connectivity index (χ1n) is 17.9. The van der Waals surface area contributed by atoms with Crippen molar-refractivity contribution in [1.29, 1.82) is 0 Å². The molecule has 5 nitrogen and oxygen atoms in total. The second kappa shape index (κ2) is 12.3. The summed E-state index contributed by atoms with van der Waals surface area (Å²) in [6, 6.07) is 58.7. The van der Waals surface area contributed by atoms with Crippen molar-refractivity contribution in [2.75, 3.05) is 0 Å². The number of fused-ring (bicyclic) bond motifs is 8. The minimum absolute atomic E-state index is 0.603. The van der Waals surface area contributed by atoms with Gasteiger partial charge in [-0.3, -0.25) is 0 Å². The second-order valence-electron chi connectivity index (χ2n) is 13.4. The van der Waals surface area contributed by atoms with Gasteiger partial charge < -0.3 is 4.42 Å². The van der Waals surface area contributed by atoms with Crippen molar-refractivity contribution in [2.45, 2.75) is 0 Å². The Labute approximate surface area is 313 Å². The lowest BCUT2D eigenvalue weighted by molar-refractivity contribution is 0.623. The molecule has 6 heteroatoms. The van der Waals surface area contributed by atoms with Crippen LogP contribution in [0.3, 0.4) is 0 Å². The van der Waals surface area contributed by atoms with E-state index in [9.17, 15) is 0 Å². The highest BCUT2D eigenvalue weighted by molar-refractivity contribution is 7.25. The molecule has 0 unspecified atom stereocenters. The van der Waals surface area contributed by atoms with Crippen molar-refractivity contribution in [1.82, 2.24) is 19.9 Å². The van der Waals surface area contributed by atoms with Crippen LogP contribution in [0.2, 0.25) is 0 Å². The van der Waals surface area contributed by atoms with Gasteiger partial charge in [-0.2, -0.15) is 0 Å². The fourth-order valence-corrected chi connectivity index (χ4v) is 8.65. The molecule has 0 spiro atoms. The molecule has 0 aliphatic carbocycles. The number of aromatic nitrogens is 4. The molecule has 0 bridgehead atoms. The lowest BCUT2D eigenvalue weighted by Gasteiger charge is -2.11. The Kier molecular flexibility index (Phi) is 6.97. The topological polar surface area (TPSA) is 64.7 Å². The first-order chi connectivity index (χ1) is 26.7. The zero-order chi connectivity index (χ0) is 35.6. The Bertz CT molecular complexity index is 3210. The summed E-state index contributed by atoms with van der Waals surface area (Å²) in [6.45, 7) is 0.